The maximum atomic E-state index is 13.7. The van der Waals surface area contributed by atoms with Gasteiger partial charge in [0.25, 0.3) is 0 Å². The summed E-state index contributed by atoms with van der Waals surface area (Å²) < 4.78 is 80.5. The van der Waals surface area contributed by atoms with Crippen LogP contribution in [0, 0.1) is 0 Å². The second-order valence-corrected chi connectivity index (χ2v) is 9.45. The molecule has 2 aromatic carbocycles. The van der Waals surface area contributed by atoms with E-state index in [2.05, 4.69) is 20.6 Å². The van der Waals surface area contributed by atoms with Crippen LogP contribution in [-0.4, -0.2) is 29.0 Å². The van der Waals surface area contributed by atoms with Gasteiger partial charge in [-0.1, -0.05) is 18.2 Å². The van der Waals surface area contributed by atoms with E-state index in [1.165, 1.54) is 5.56 Å². The molecule has 0 radical (unpaired) electrons. The van der Waals surface area contributed by atoms with Gasteiger partial charge in [0.15, 0.2) is 0 Å². The number of benzene rings is 2. The summed E-state index contributed by atoms with van der Waals surface area (Å²) in [5, 5.41) is 6.24. The third kappa shape index (κ3) is 7.47. The molecule has 1 fully saturated rings. The van der Waals surface area contributed by atoms with E-state index < -0.39 is 35.8 Å². The second-order valence-electron chi connectivity index (χ2n) is 9.45. The van der Waals surface area contributed by atoms with Crippen LogP contribution in [0.15, 0.2) is 48.7 Å². The fourth-order valence-corrected chi connectivity index (χ4v) is 4.68. The summed E-state index contributed by atoms with van der Waals surface area (Å²) in [4.78, 5) is 19.3. The van der Waals surface area contributed by atoms with E-state index in [1.54, 1.807) is 0 Å². The van der Waals surface area contributed by atoms with Crippen molar-refractivity contribution >= 4 is 17.5 Å². The van der Waals surface area contributed by atoms with Gasteiger partial charge in [0, 0.05) is 11.9 Å². The molecule has 208 valence electrons. The minimum Gasteiger partial charge on any atom is -0.369 e. The Balaban J connectivity index is 1.55. The van der Waals surface area contributed by atoms with Crippen molar-refractivity contribution in [2.24, 2.45) is 5.73 Å². The molecule has 0 bridgehead atoms. The van der Waals surface area contributed by atoms with Crippen LogP contribution in [0.2, 0.25) is 0 Å². The number of aromatic nitrogens is 2. The summed E-state index contributed by atoms with van der Waals surface area (Å²) in [6.45, 7) is 1.90. The zero-order valence-corrected chi connectivity index (χ0v) is 20.8. The van der Waals surface area contributed by atoms with Crippen LogP contribution >= 0.6 is 0 Å². The number of anilines is 2. The molecule has 0 aliphatic carbocycles. The number of nitrogens with one attached hydrogen (secondary N) is 2. The van der Waals surface area contributed by atoms with E-state index in [0.29, 0.717) is 17.8 Å². The van der Waals surface area contributed by atoms with Gasteiger partial charge in [0.1, 0.15) is 0 Å². The molecule has 3 aromatic rings. The number of piperidine rings is 1. The fraction of sp³-hybridized carbons (Fsp3) is 0.370. The van der Waals surface area contributed by atoms with E-state index in [1.807, 2.05) is 24.3 Å². The molecule has 1 aromatic heterocycles. The summed E-state index contributed by atoms with van der Waals surface area (Å²) in [5.74, 6) is -0.456. The zero-order chi connectivity index (χ0) is 28.2. The number of aryl methyl sites for hydroxylation is 2. The van der Waals surface area contributed by atoms with Gasteiger partial charge in [-0.3, -0.25) is 4.79 Å². The van der Waals surface area contributed by atoms with E-state index in [0.717, 1.165) is 44.1 Å². The highest BCUT2D eigenvalue weighted by Gasteiger charge is 2.35. The first-order valence-electron chi connectivity index (χ1n) is 12.4. The van der Waals surface area contributed by atoms with Gasteiger partial charge in [-0.2, -0.15) is 26.3 Å². The van der Waals surface area contributed by atoms with Crippen LogP contribution in [0.1, 0.15) is 52.3 Å². The second kappa shape index (κ2) is 11.6. The van der Waals surface area contributed by atoms with Gasteiger partial charge in [-0.15, -0.1) is 0 Å². The molecule has 0 spiro atoms. The van der Waals surface area contributed by atoms with Gasteiger partial charge >= 0.3 is 12.4 Å². The fourth-order valence-electron chi connectivity index (χ4n) is 4.68. The van der Waals surface area contributed by atoms with Crippen molar-refractivity contribution in [3.05, 3.63) is 82.2 Å². The highest BCUT2D eigenvalue weighted by molar-refractivity contribution is 5.77. The molecule has 12 heteroatoms. The average Bonchev–Trinajstić information content (AvgIpc) is 2.87. The predicted molar refractivity (Wildman–Crippen MR) is 133 cm³/mol. The highest BCUT2D eigenvalue weighted by Crippen LogP contribution is 2.34. The van der Waals surface area contributed by atoms with Crippen molar-refractivity contribution in [2.75, 3.05) is 18.4 Å². The van der Waals surface area contributed by atoms with Gasteiger partial charge in [0.05, 0.1) is 23.2 Å². The molecule has 0 unspecified atom stereocenters. The van der Waals surface area contributed by atoms with Gasteiger partial charge in [-0.25, -0.2) is 9.97 Å². The molecule has 4 rings (SSSR count). The lowest BCUT2D eigenvalue weighted by molar-refractivity contribution is -0.139. The molecule has 1 saturated heterocycles. The molecule has 2 heterocycles. The summed E-state index contributed by atoms with van der Waals surface area (Å²) in [6, 6.07) is 10.3. The molecule has 39 heavy (non-hydrogen) atoms. The van der Waals surface area contributed by atoms with Crippen LogP contribution in [-0.2, 0) is 36.4 Å². The lowest BCUT2D eigenvalue weighted by Crippen LogP contribution is -2.26. The number of nitrogens with zero attached hydrogens (tertiary/aromatic N) is 2. The number of rotatable bonds is 8. The lowest BCUT2D eigenvalue weighted by Gasteiger charge is -2.23. The number of primary amides is 1. The van der Waals surface area contributed by atoms with Crippen molar-refractivity contribution in [3.8, 4) is 0 Å². The van der Waals surface area contributed by atoms with E-state index >= 15 is 0 Å². The first-order chi connectivity index (χ1) is 18.4. The van der Waals surface area contributed by atoms with Gasteiger partial charge < -0.3 is 16.4 Å². The third-order valence-corrected chi connectivity index (χ3v) is 6.68. The molecular weight excluding hydrogens is 524 g/mol. The number of carbonyl (C=O) groups is 1. The molecular formula is C27H27F6N5O. The minimum atomic E-state index is -4.74. The molecule has 0 atom stereocenters. The predicted octanol–water partition coefficient (Wildman–Crippen LogP) is 5.54. The zero-order valence-electron chi connectivity index (χ0n) is 20.8. The summed E-state index contributed by atoms with van der Waals surface area (Å²) in [7, 11) is 0. The van der Waals surface area contributed by atoms with Crippen molar-refractivity contribution in [2.45, 2.75) is 50.4 Å². The van der Waals surface area contributed by atoms with Crippen LogP contribution < -0.4 is 16.4 Å². The smallest absolute Gasteiger partial charge is 0.369 e. The van der Waals surface area contributed by atoms with Crippen molar-refractivity contribution in [3.63, 3.8) is 0 Å². The highest BCUT2D eigenvalue weighted by atomic mass is 19.4. The Morgan fingerprint density at radius 3 is 2.26 bits per heavy atom. The number of halogens is 6. The Morgan fingerprint density at radius 2 is 1.64 bits per heavy atom. The van der Waals surface area contributed by atoms with Crippen LogP contribution in [0.25, 0.3) is 0 Å². The number of carbonyl (C=O) groups excluding carboxylic acids is 1. The topological polar surface area (TPSA) is 92.9 Å². The standard InChI is InChI=1S/C27H27F6N5O/c28-26(29,30)20-5-1-17(19(13-20)14-24(34)39)4-8-23-22(27(31,32)33)15-36-25(38-23)37-21-6-2-16(3-7-21)18-9-11-35-12-10-18/h1-3,5-7,13,15,18,35H,4,8-12,14H2,(H2,34,39)(H,36,37,38). The van der Waals surface area contributed by atoms with E-state index in [9.17, 15) is 31.1 Å². The molecule has 1 aliphatic heterocycles. The van der Waals surface area contributed by atoms with Crippen LogP contribution in [0.4, 0.5) is 38.0 Å². The average molecular weight is 552 g/mol. The van der Waals surface area contributed by atoms with E-state index in [-0.39, 0.29) is 35.6 Å². The Bertz CT molecular complexity index is 1300. The maximum Gasteiger partial charge on any atom is 0.419 e. The molecule has 1 amide bonds. The Morgan fingerprint density at radius 1 is 0.949 bits per heavy atom. The summed E-state index contributed by atoms with van der Waals surface area (Å²) in [6.07, 6.45) is -7.46. The van der Waals surface area contributed by atoms with Crippen molar-refractivity contribution in [1.29, 1.82) is 0 Å². The molecule has 4 N–H and O–H groups in total. The lowest BCUT2D eigenvalue weighted by atomic mass is 9.90. The number of amides is 1. The maximum absolute atomic E-state index is 13.7. The first kappa shape index (κ1) is 28.3. The third-order valence-electron chi connectivity index (χ3n) is 6.68. The van der Waals surface area contributed by atoms with E-state index in [4.69, 9.17) is 5.73 Å². The van der Waals surface area contributed by atoms with Crippen molar-refractivity contribution in [1.82, 2.24) is 15.3 Å². The SMILES string of the molecule is NC(=O)Cc1cc(C(F)(F)F)ccc1CCc1nc(Nc2ccc(C3CCNCC3)cc2)ncc1C(F)(F)F. The Kier molecular flexibility index (Phi) is 8.43. The number of hydrogen-bond donors (Lipinski definition) is 3. The summed E-state index contributed by atoms with van der Waals surface area (Å²) in [5.41, 5.74) is 4.91. The Labute approximate surface area is 221 Å². The minimum absolute atomic E-state index is 0.00660. The van der Waals surface area contributed by atoms with Crippen LogP contribution in [0.5, 0.6) is 0 Å². The molecule has 0 saturated carbocycles. The quantitative estimate of drug-likeness (QED) is 0.320. The van der Waals surface area contributed by atoms with Crippen molar-refractivity contribution < 1.29 is 31.1 Å². The van der Waals surface area contributed by atoms with Gasteiger partial charge in [0.2, 0.25) is 11.9 Å². The monoisotopic (exact) mass is 551 g/mol. The largest absolute Gasteiger partial charge is 0.419 e. The summed E-state index contributed by atoms with van der Waals surface area (Å²) >= 11 is 0. The number of hydrogen-bond acceptors (Lipinski definition) is 5. The van der Waals surface area contributed by atoms with Crippen LogP contribution in [0.3, 0.4) is 0 Å². The normalized spacial score (nSPS) is 14.8. The molecule has 6 nitrogen and oxygen atoms in total. The number of alkyl halides is 6. The Hall–Kier alpha value is -3.67. The molecule has 1 aliphatic rings. The first-order valence-corrected chi connectivity index (χ1v) is 12.4. The number of nitrogens with two attached hydrogens (primary N) is 1. The van der Waals surface area contributed by atoms with Gasteiger partial charge in [-0.05, 0) is 85.6 Å².